The lowest BCUT2D eigenvalue weighted by molar-refractivity contribution is 0.0987. The number of rotatable bonds is 5. The number of carbonyl (C=O) groups is 1. The number of anilines is 1. The Balaban J connectivity index is 2.63. The van der Waals surface area contributed by atoms with Crippen molar-refractivity contribution >= 4 is 27.4 Å². The molecule has 1 unspecified atom stereocenters. The van der Waals surface area contributed by atoms with Gasteiger partial charge in [-0.15, -0.1) is 0 Å². The van der Waals surface area contributed by atoms with Gasteiger partial charge in [0, 0.05) is 21.8 Å². The predicted octanol–water partition coefficient (Wildman–Crippen LogP) is 2.60. The Morgan fingerprint density at radius 1 is 1.56 bits per heavy atom. The monoisotopic (exact) mass is 284 g/mol. The van der Waals surface area contributed by atoms with Gasteiger partial charge in [-0.3, -0.25) is 4.79 Å². The minimum absolute atomic E-state index is 0.0690. The van der Waals surface area contributed by atoms with E-state index in [1.807, 2.05) is 0 Å². The maximum Gasteiger partial charge on any atom is 0.176 e. The smallest absolute Gasteiger partial charge is 0.176 e. The maximum absolute atomic E-state index is 11.8. The Hall–Kier alpha value is -0.870. The summed E-state index contributed by atoms with van der Waals surface area (Å²) in [5, 5.41) is 3.16. The van der Waals surface area contributed by atoms with Crippen molar-refractivity contribution in [2.75, 3.05) is 12.3 Å². The number of Topliss-reactive ketones (excluding diaryl/α,β-unsaturated/α-hetero) is 1. The van der Waals surface area contributed by atoms with Crippen molar-refractivity contribution in [2.24, 2.45) is 0 Å². The highest BCUT2D eigenvalue weighted by Crippen LogP contribution is 2.20. The van der Waals surface area contributed by atoms with Crippen LogP contribution in [0.4, 0.5) is 5.69 Å². The molecule has 1 aromatic carbocycles. The lowest BCUT2D eigenvalue weighted by Gasteiger charge is -2.10. The van der Waals surface area contributed by atoms with Gasteiger partial charge in [0.05, 0.1) is 6.54 Å². The summed E-state index contributed by atoms with van der Waals surface area (Å²) in [7, 11) is 0. The Bertz CT molecular complexity index is 379. The molecule has 0 amide bonds. The number of ketones is 1. The van der Waals surface area contributed by atoms with Crippen LogP contribution in [0.3, 0.4) is 0 Å². The van der Waals surface area contributed by atoms with Crippen LogP contribution in [-0.4, -0.2) is 18.4 Å². The van der Waals surface area contributed by atoms with Gasteiger partial charge in [0.1, 0.15) is 0 Å². The van der Waals surface area contributed by atoms with E-state index in [1.54, 1.807) is 18.2 Å². The van der Waals surface area contributed by atoms with Crippen LogP contribution >= 0.6 is 15.9 Å². The van der Waals surface area contributed by atoms with Gasteiger partial charge in [0.25, 0.3) is 0 Å². The minimum atomic E-state index is 0.0690. The highest BCUT2D eigenvalue weighted by atomic mass is 79.9. The first-order valence-corrected chi connectivity index (χ1v) is 6.15. The van der Waals surface area contributed by atoms with Crippen LogP contribution in [0.5, 0.6) is 0 Å². The molecule has 0 aliphatic heterocycles. The Labute approximate surface area is 105 Å². The molecule has 0 spiro atoms. The molecule has 0 radical (unpaired) electrons. The zero-order chi connectivity index (χ0) is 12.1. The van der Waals surface area contributed by atoms with Crippen molar-refractivity contribution in [1.82, 2.24) is 5.32 Å². The third-order valence-electron chi connectivity index (χ3n) is 2.54. The van der Waals surface area contributed by atoms with Crippen LogP contribution in [0.25, 0.3) is 0 Å². The van der Waals surface area contributed by atoms with Crippen molar-refractivity contribution in [1.29, 1.82) is 0 Å². The van der Waals surface area contributed by atoms with Gasteiger partial charge in [-0.25, -0.2) is 0 Å². The number of hydrogen-bond acceptors (Lipinski definition) is 3. The van der Waals surface area contributed by atoms with E-state index in [0.29, 0.717) is 23.8 Å². The summed E-state index contributed by atoms with van der Waals surface area (Å²) < 4.78 is 0.818. The molecule has 16 heavy (non-hydrogen) atoms. The van der Waals surface area contributed by atoms with Gasteiger partial charge in [-0.05, 0) is 41.4 Å². The number of carbonyl (C=O) groups excluding carboxylic acids is 1. The second kappa shape index (κ2) is 6.01. The van der Waals surface area contributed by atoms with E-state index < -0.39 is 0 Å². The molecule has 3 N–H and O–H groups in total. The summed E-state index contributed by atoms with van der Waals surface area (Å²) in [6.07, 6.45) is 1.01. The zero-order valence-corrected chi connectivity index (χ0v) is 11.2. The van der Waals surface area contributed by atoms with Crippen LogP contribution in [0, 0.1) is 0 Å². The third kappa shape index (κ3) is 3.61. The molecule has 0 aliphatic rings. The topological polar surface area (TPSA) is 55.1 Å². The second-order valence-corrected chi connectivity index (χ2v) is 4.70. The van der Waals surface area contributed by atoms with E-state index in [2.05, 4.69) is 35.1 Å². The lowest BCUT2D eigenvalue weighted by Crippen LogP contribution is -2.30. The van der Waals surface area contributed by atoms with Gasteiger partial charge in [0.2, 0.25) is 0 Å². The van der Waals surface area contributed by atoms with E-state index in [0.717, 1.165) is 10.9 Å². The number of nitrogen functional groups attached to an aromatic ring is 1. The molecular weight excluding hydrogens is 268 g/mol. The molecule has 88 valence electrons. The highest BCUT2D eigenvalue weighted by molar-refractivity contribution is 9.10. The number of hydrogen-bond donors (Lipinski definition) is 2. The molecule has 0 aromatic heterocycles. The van der Waals surface area contributed by atoms with Crippen LogP contribution in [0.2, 0.25) is 0 Å². The van der Waals surface area contributed by atoms with Gasteiger partial charge in [0.15, 0.2) is 5.78 Å². The summed E-state index contributed by atoms with van der Waals surface area (Å²) in [5.41, 5.74) is 6.96. The fourth-order valence-corrected chi connectivity index (χ4v) is 1.48. The Kier molecular flexibility index (Phi) is 4.96. The summed E-state index contributed by atoms with van der Waals surface area (Å²) in [5.74, 6) is 0.0690. The molecule has 0 heterocycles. The molecule has 1 aromatic rings. The van der Waals surface area contributed by atoms with Crippen LogP contribution in [0.15, 0.2) is 22.7 Å². The molecule has 4 heteroatoms. The first kappa shape index (κ1) is 13.2. The molecule has 0 saturated carbocycles. The normalized spacial score (nSPS) is 12.4. The van der Waals surface area contributed by atoms with Crippen LogP contribution < -0.4 is 11.1 Å². The molecule has 1 atom stereocenters. The van der Waals surface area contributed by atoms with Gasteiger partial charge in [-0.1, -0.05) is 13.0 Å². The first-order chi connectivity index (χ1) is 7.54. The first-order valence-electron chi connectivity index (χ1n) is 5.36. The molecule has 3 nitrogen and oxygen atoms in total. The SMILES string of the molecule is CCC(C)NCC(=O)c1ccc(Br)c(N)c1. The molecule has 0 bridgehead atoms. The Morgan fingerprint density at radius 2 is 2.25 bits per heavy atom. The largest absolute Gasteiger partial charge is 0.398 e. The number of nitrogens with two attached hydrogens (primary N) is 1. The van der Waals surface area contributed by atoms with E-state index in [4.69, 9.17) is 5.73 Å². The maximum atomic E-state index is 11.8. The van der Waals surface area contributed by atoms with Crippen LogP contribution in [-0.2, 0) is 0 Å². The van der Waals surface area contributed by atoms with Gasteiger partial charge >= 0.3 is 0 Å². The van der Waals surface area contributed by atoms with Crippen molar-refractivity contribution in [2.45, 2.75) is 26.3 Å². The second-order valence-electron chi connectivity index (χ2n) is 3.85. The van der Waals surface area contributed by atoms with Gasteiger partial charge in [-0.2, -0.15) is 0 Å². The highest BCUT2D eigenvalue weighted by Gasteiger charge is 2.08. The standard InChI is InChI=1S/C12H17BrN2O/c1-3-8(2)15-7-12(16)9-4-5-10(13)11(14)6-9/h4-6,8,15H,3,7,14H2,1-2H3. The minimum Gasteiger partial charge on any atom is -0.398 e. The van der Waals surface area contributed by atoms with Crippen molar-refractivity contribution in [3.8, 4) is 0 Å². The number of benzene rings is 1. The molecule has 0 saturated heterocycles. The van der Waals surface area contributed by atoms with Crippen molar-refractivity contribution in [3.63, 3.8) is 0 Å². The molecule has 0 fully saturated rings. The van der Waals surface area contributed by atoms with E-state index in [9.17, 15) is 4.79 Å². The summed E-state index contributed by atoms with van der Waals surface area (Å²) in [4.78, 5) is 11.8. The fraction of sp³-hybridized carbons (Fsp3) is 0.417. The number of halogens is 1. The van der Waals surface area contributed by atoms with E-state index >= 15 is 0 Å². The zero-order valence-electron chi connectivity index (χ0n) is 9.59. The van der Waals surface area contributed by atoms with Crippen molar-refractivity contribution < 1.29 is 4.79 Å². The summed E-state index contributed by atoms with van der Waals surface area (Å²) in [6, 6.07) is 5.63. The summed E-state index contributed by atoms with van der Waals surface area (Å²) >= 11 is 3.30. The van der Waals surface area contributed by atoms with E-state index in [1.165, 1.54) is 0 Å². The average molecular weight is 285 g/mol. The van der Waals surface area contributed by atoms with Crippen molar-refractivity contribution in [3.05, 3.63) is 28.2 Å². The van der Waals surface area contributed by atoms with E-state index in [-0.39, 0.29) is 5.78 Å². The summed E-state index contributed by atoms with van der Waals surface area (Å²) in [6.45, 7) is 4.50. The van der Waals surface area contributed by atoms with Gasteiger partial charge < -0.3 is 11.1 Å². The Morgan fingerprint density at radius 3 is 2.81 bits per heavy atom. The van der Waals surface area contributed by atoms with Crippen LogP contribution in [0.1, 0.15) is 30.6 Å². The quantitative estimate of drug-likeness (QED) is 0.646. The third-order valence-corrected chi connectivity index (χ3v) is 3.26. The fourth-order valence-electron chi connectivity index (χ4n) is 1.23. The lowest BCUT2D eigenvalue weighted by atomic mass is 10.1. The molecule has 0 aliphatic carbocycles. The average Bonchev–Trinajstić information content (AvgIpc) is 2.29. The predicted molar refractivity (Wildman–Crippen MR) is 70.6 cm³/mol. The number of nitrogens with one attached hydrogen (secondary N) is 1. The molecule has 1 rings (SSSR count). The molecular formula is C12H17BrN2O.